The molecule has 0 aliphatic carbocycles. The molecule has 0 fully saturated rings. The summed E-state index contributed by atoms with van der Waals surface area (Å²) >= 11 is 0. The van der Waals surface area contributed by atoms with Crippen molar-refractivity contribution in [2.24, 2.45) is 0 Å². The van der Waals surface area contributed by atoms with Gasteiger partial charge in [0.15, 0.2) is 19.7 Å². The van der Waals surface area contributed by atoms with E-state index in [1.807, 2.05) is 0 Å². The molecule has 0 saturated heterocycles. The average Bonchev–Trinajstić information content (AvgIpc) is 2.48. The van der Waals surface area contributed by atoms with E-state index in [4.69, 9.17) is 9.31 Å². The lowest BCUT2D eigenvalue weighted by Gasteiger charge is -2.12. The van der Waals surface area contributed by atoms with Gasteiger partial charge in [-0.1, -0.05) is 0 Å². The predicted octanol–water partition coefficient (Wildman–Crippen LogP) is 1.83. The number of hydrogen-bond acceptors (Lipinski definition) is 6. The van der Waals surface area contributed by atoms with Gasteiger partial charge in [-0.25, -0.2) is 16.8 Å². The van der Waals surface area contributed by atoms with Gasteiger partial charge in [0.1, 0.15) is 11.5 Å². The maximum absolute atomic E-state index is 11.5. The first kappa shape index (κ1) is 19.3. The molecule has 0 spiro atoms. The minimum atomic E-state index is -3.26. The van der Waals surface area contributed by atoms with Crippen molar-refractivity contribution >= 4 is 27.4 Å². The Morgan fingerprint density at radius 3 is 1.36 bits per heavy atom. The lowest BCUT2D eigenvalue weighted by atomic mass is 10.2. The lowest BCUT2D eigenvalue weighted by Crippen LogP contribution is -2.13. The van der Waals surface area contributed by atoms with Crippen LogP contribution in [-0.2, 0) is 19.7 Å². The van der Waals surface area contributed by atoms with Gasteiger partial charge in [0.2, 0.25) is 0 Å². The minimum Gasteiger partial charge on any atom is -0.528 e. The fraction of sp³-hybridized carbons (Fsp3) is 0.250. The van der Waals surface area contributed by atoms with Crippen LogP contribution in [-0.4, -0.2) is 37.0 Å². The van der Waals surface area contributed by atoms with Crippen molar-refractivity contribution in [3.8, 4) is 11.5 Å². The van der Waals surface area contributed by atoms with Crippen molar-refractivity contribution in [2.75, 3.05) is 12.5 Å². The van der Waals surface area contributed by atoms with Gasteiger partial charge < -0.3 is 9.31 Å². The summed E-state index contributed by atoms with van der Waals surface area (Å²) in [6.07, 6.45) is 2.29. The number of aryl methyl sites for hydroxylation is 2. The van der Waals surface area contributed by atoms with Crippen molar-refractivity contribution < 1.29 is 26.1 Å². The quantitative estimate of drug-likeness (QED) is 0.709. The summed E-state index contributed by atoms with van der Waals surface area (Å²) < 4.78 is 57.1. The van der Waals surface area contributed by atoms with Gasteiger partial charge in [0.05, 0.1) is 9.79 Å². The molecule has 0 amide bonds. The smallest absolute Gasteiger partial charge is 0.528 e. The highest BCUT2D eigenvalue weighted by Gasteiger charge is 2.12. The van der Waals surface area contributed by atoms with Crippen LogP contribution in [0.25, 0.3) is 0 Å². The van der Waals surface area contributed by atoms with Crippen LogP contribution in [0.3, 0.4) is 0 Å². The van der Waals surface area contributed by atoms with Crippen molar-refractivity contribution in [1.29, 1.82) is 0 Å². The number of benzene rings is 2. The normalized spacial score (nSPS) is 11.8. The van der Waals surface area contributed by atoms with Crippen LogP contribution >= 0.6 is 0 Å². The third-order valence-corrected chi connectivity index (χ3v) is 5.80. The summed E-state index contributed by atoms with van der Waals surface area (Å²) in [5.41, 5.74) is 1.35. The summed E-state index contributed by atoms with van der Waals surface area (Å²) in [5.74, 6) is 1.02. The third kappa shape index (κ3) is 4.99. The molecule has 25 heavy (non-hydrogen) atoms. The maximum Gasteiger partial charge on any atom is 0.576 e. The van der Waals surface area contributed by atoms with Crippen molar-refractivity contribution in [2.45, 2.75) is 23.6 Å². The highest BCUT2D eigenvalue weighted by molar-refractivity contribution is 7.91. The van der Waals surface area contributed by atoms with Gasteiger partial charge in [-0.15, -0.1) is 0 Å². The Morgan fingerprint density at radius 2 is 1.08 bits per heavy atom. The van der Waals surface area contributed by atoms with Gasteiger partial charge in [-0.3, -0.25) is 0 Å². The molecule has 0 aromatic heterocycles. The summed E-state index contributed by atoms with van der Waals surface area (Å²) in [7, 11) is -6.61. The Bertz CT molecular complexity index is 916. The van der Waals surface area contributed by atoms with E-state index in [0.717, 1.165) is 12.5 Å². The molecular weight excluding hydrogens is 363 g/mol. The Kier molecular flexibility index (Phi) is 5.48. The van der Waals surface area contributed by atoms with E-state index in [0.29, 0.717) is 22.6 Å². The SMILES string of the molecule is Cc1cc(S(C)(=O)=O)ccc1OBOc1ccc(S(C)(=O)=O)cc1C. The second-order valence-corrected chi connectivity index (χ2v) is 9.84. The Morgan fingerprint density at radius 1 is 0.720 bits per heavy atom. The fourth-order valence-electron chi connectivity index (χ4n) is 2.19. The lowest BCUT2D eigenvalue weighted by molar-refractivity contribution is 0.454. The number of sulfone groups is 2. The van der Waals surface area contributed by atoms with Crippen molar-refractivity contribution in [3.05, 3.63) is 47.5 Å². The average molecular weight is 382 g/mol. The molecule has 9 heteroatoms. The van der Waals surface area contributed by atoms with E-state index >= 15 is 0 Å². The zero-order chi connectivity index (χ0) is 18.8. The minimum absolute atomic E-state index is 0.0852. The molecule has 0 radical (unpaired) electrons. The molecule has 0 unspecified atom stereocenters. The molecule has 0 atom stereocenters. The van der Waals surface area contributed by atoms with Gasteiger partial charge in [-0.05, 0) is 61.4 Å². The molecule has 2 aromatic carbocycles. The Labute approximate surface area is 148 Å². The second kappa shape index (κ2) is 7.09. The van der Waals surface area contributed by atoms with Gasteiger partial charge in [-0.2, -0.15) is 0 Å². The van der Waals surface area contributed by atoms with E-state index in [1.54, 1.807) is 26.0 Å². The fourth-order valence-corrected chi connectivity index (χ4v) is 3.60. The topological polar surface area (TPSA) is 86.7 Å². The van der Waals surface area contributed by atoms with E-state index in [9.17, 15) is 16.8 Å². The molecule has 0 N–H and O–H groups in total. The maximum atomic E-state index is 11.5. The Balaban J connectivity index is 2.06. The largest absolute Gasteiger partial charge is 0.576 e. The van der Waals surface area contributed by atoms with Crippen molar-refractivity contribution in [1.82, 2.24) is 0 Å². The van der Waals surface area contributed by atoms with Crippen LogP contribution < -0.4 is 9.31 Å². The molecular formula is C16H19BO6S2. The van der Waals surface area contributed by atoms with E-state index in [-0.39, 0.29) is 17.5 Å². The molecule has 2 rings (SSSR count). The van der Waals surface area contributed by atoms with Crippen LogP contribution in [0.4, 0.5) is 0 Å². The first-order chi connectivity index (χ1) is 11.5. The summed E-state index contributed by atoms with van der Waals surface area (Å²) in [4.78, 5) is 0.455. The number of hydrogen-bond donors (Lipinski definition) is 0. The van der Waals surface area contributed by atoms with E-state index in [1.165, 1.54) is 24.3 Å². The highest BCUT2D eigenvalue weighted by Crippen LogP contribution is 2.24. The van der Waals surface area contributed by atoms with Crippen LogP contribution in [0.15, 0.2) is 46.2 Å². The van der Waals surface area contributed by atoms with Crippen LogP contribution in [0.2, 0.25) is 0 Å². The molecule has 6 nitrogen and oxygen atoms in total. The van der Waals surface area contributed by atoms with Gasteiger partial charge >= 0.3 is 7.69 Å². The zero-order valence-corrected chi connectivity index (χ0v) is 16.1. The molecule has 0 heterocycles. The number of rotatable bonds is 6. The molecule has 2 aromatic rings. The molecule has 134 valence electrons. The predicted molar refractivity (Wildman–Crippen MR) is 97.0 cm³/mol. The summed E-state index contributed by atoms with van der Waals surface area (Å²) in [6, 6.07) is 9.19. The monoisotopic (exact) mass is 382 g/mol. The first-order valence-corrected chi connectivity index (χ1v) is 11.1. The van der Waals surface area contributed by atoms with Gasteiger partial charge in [0, 0.05) is 12.5 Å². The molecule has 0 aliphatic heterocycles. The van der Waals surface area contributed by atoms with Crippen LogP contribution in [0, 0.1) is 13.8 Å². The van der Waals surface area contributed by atoms with E-state index in [2.05, 4.69) is 0 Å². The first-order valence-electron chi connectivity index (χ1n) is 7.35. The van der Waals surface area contributed by atoms with E-state index < -0.39 is 19.7 Å². The molecule has 0 bridgehead atoms. The third-order valence-electron chi connectivity index (χ3n) is 3.58. The second-order valence-electron chi connectivity index (χ2n) is 5.81. The molecule has 0 saturated carbocycles. The van der Waals surface area contributed by atoms with Crippen molar-refractivity contribution in [3.63, 3.8) is 0 Å². The zero-order valence-electron chi connectivity index (χ0n) is 14.4. The molecule has 0 aliphatic rings. The van der Waals surface area contributed by atoms with Gasteiger partial charge in [0.25, 0.3) is 0 Å². The summed E-state index contributed by atoms with van der Waals surface area (Å²) in [5, 5.41) is 0. The standard InChI is InChI=1S/C16H19BO6S2/c1-11-9-13(24(3,18)19)5-7-15(11)22-17-23-16-8-6-14(10-12(16)2)25(4,20)21/h5-10,17H,1-4H3. The Hall–Kier alpha value is -2.00. The van der Waals surface area contributed by atoms with Crippen LogP contribution in [0.5, 0.6) is 11.5 Å². The highest BCUT2D eigenvalue weighted by atomic mass is 32.2. The van der Waals surface area contributed by atoms with Crippen LogP contribution in [0.1, 0.15) is 11.1 Å². The summed E-state index contributed by atoms with van der Waals surface area (Å²) in [6.45, 7) is 3.49.